The van der Waals surface area contributed by atoms with Crippen LogP contribution in [0.1, 0.15) is 10.4 Å². The number of fused-ring (bicyclic) bond motifs is 1. The van der Waals surface area contributed by atoms with E-state index in [2.05, 4.69) is 15.9 Å². The number of Topliss-reactive ketones (excluding diaryl/α,β-unsaturated/α-hetero) is 1. The fourth-order valence-corrected chi connectivity index (χ4v) is 1.79. The molecule has 0 spiro atoms. The van der Waals surface area contributed by atoms with Gasteiger partial charge < -0.3 is 0 Å². The number of ketones is 1. The minimum atomic E-state index is -3.52. The van der Waals surface area contributed by atoms with Gasteiger partial charge in [0.2, 0.25) is 5.78 Å². The van der Waals surface area contributed by atoms with Gasteiger partial charge in [0.25, 0.3) is 0 Å². The van der Waals surface area contributed by atoms with Crippen molar-refractivity contribution in [3.63, 3.8) is 0 Å². The van der Waals surface area contributed by atoms with E-state index in [0.29, 0.717) is 5.39 Å². The first-order valence-electron chi connectivity index (χ1n) is 4.59. The third-order valence-corrected chi connectivity index (χ3v) is 2.65. The Morgan fingerprint density at radius 2 is 1.69 bits per heavy atom. The molecule has 0 radical (unpaired) electrons. The smallest absolute Gasteiger partial charge is 0.286 e. The highest BCUT2D eigenvalue weighted by molar-refractivity contribution is 9.10. The maximum absolute atomic E-state index is 12.9. The zero-order chi connectivity index (χ0) is 11.8. The summed E-state index contributed by atoms with van der Waals surface area (Å²) in [6.45, 7) is 0. The lowest BCUT2D eigenvalue weighted by Crippen LogP contribution is -2.20. The van der Waals surface area contributed by atoms with Gasteiger partial charge >= 0.3 is 4.83 Å². The molecule has 0 amide bonds. The maximum atomic E-state index is 12.9. The molecule has 82 valence electrons. The number of carbonyl (C=O) groups is 1. The first-order valence-corrected chi connectivity index (χ1v) is 5.39. The molecule has 0 N–H and O–H groups in total. The lowest BCUT2D eigenvalue weighted by Gasteiger charge is -2.09. The van der Waals surface area contributed by atoms with Crippen molar-refractivity contribution in [1.82, 2.24) is 0 Å². The Morgan fingerprint density at radius 3 is 2.38 bits per heavy atom. The second-order valence-electron chi connectivity index (χ2n) is 3.35. The van der Waals surface area contributed by atoms with Crippen molar-refractivity contribution >= 4 is 32.5 Å². The molecule has 1 nitrogen and oxygen atoms in total. The Hall–Kier alpha value is -1.29. The van der Waals surface area contributed by atoms with Crippen molar-refractivity contribution in [3.05, 3.63) is 48.0 Å². The van der Waals surface area contributed by atoms with Crippen LogP contribution in [0.3, 0.4) is 0 Å². The average molecular weight is 285 g/mol. The largest absolute Gasteiger partial charge is 0.363 e. The fourth-order valence-electron chi connectivity index (χ4n) is 1.58. The lowest BCUT2D eigenvalue weighted by molar-refractivity contribution is 0.0594. The predicted molar refractivity (Wildman–Crippen MR) is 62.2 cm³/mol. The molecule has 0 fully saturated rings. The zero-order valence-electron chi connectivity index (χ0n) is 8.08. The van der Waals surface area contributed by atoms with E-state index in [1.54, 1.807) is 36.4 Å². The first kappa shape index (κ1) is 11.2. The molecule has 0 saturated heterocycles. The van der Waals surface area contributed by atoms with E-state index < -0.39 is 10.6 Å². The summed E-state index contributed by atoms with van der Waals surface area (Å²) < 4.78 is 25.8. The van der Waals surface area contributed by atoms with Crippen LogP contribution in [0.25, 0.3) is 10.8 Å². The van der Waals surface area contributed by atoms with Gasteiger partial charge in [-0.25, -0.2) is 0 Å². The van der Waals surface area contributed by atoms with Gasteiger partial charge in [0, 0.05) is 5.56 Å². The maximum Gasteiger partial charge on any atom is 0.363 e. The van der Waals surface area contributed by atoms with Crippen LogP contribution in [0.5, 0.6) is 0 Å². The van der Waals surface area contributed by atoms with Crippen LogP contribution >= 0.6 is 15.9 Å². The van der Waals surface area contributed by atoms with E-state index in [4.69, 9.17) is 0 Å². The third-order valence-electron chi connectivity index (χ3n) is 2.29. The molecule has 0 unspecified atom stereocenters. The van der Waals surface area contributed by atoms with Crippen molar-refractivity contribution in [2.24, 2.45) is 0 Å². The van der Waals surface area contributed by atoms with Gasteiger partial charge in [-0.2, -0.15) is 8.78 Å². The molecule has 0 heterocycles. The highest BCUT2D eigenvalue weighted by Crippen LogP contribution is 2.30. The monoisotopic (exact) mass is 284 g/mol. The topological polar surface area (TPSA) is 17.1 Å². The molecule has 0 aromatic heterocycles. The molecule has 0 aliphatic rings. The van der Waals surface area contributed by atoms with Gasteiger partial charge in [-0.1, -0.05) is 42.5 Å². The number of hydrogen-bond acceptors (Lipinski definition) is 1. The summed E-state index contributed by atoms with van der Waals surface area (Å²) in [5.41, 5.74) is 0.0278. The van der Waals surface area contributed by atoms with Crippen LogP contribution in [-0.4, -0.2) is 10.6 Å². The van der Waals surface area contributed by atoms with Crippen molar-refractivity contribution in [1.29, 1.82) is 0 Å². The molecule has 4 heteroatoms. The molecule has 2 aromatic carbocycles. The van der Waals surface area contributed by atoms with E-state index in [0.717, 1.165) is 5.39 Å². The average Bonchev–Trinajstić information content (AvgIpc) is 2.26. The van der Waals surface area contributed by atoms with E-state index >= 15 is 0 Å². The lowest BCUT2D eigenvalue weighted by atomic mass is 10.0. The van der Waals surface area contributed by atoms with E-state index in [-0.39, 0.29) is 5.56 Å². The van der Waals surface area contributed by atoms with Crippen LogP contribution in [-0.2, 0) is 0 Å². The Morgan fingerprint density at radius 1 is 1.06 bits per heavy atom. The van der Waals surface area contributed by atoms with Gasteiger partial charge in [-0.05, 0) is 26.7 Å². The minimum absolute atomic E-state index is 0.0278. The normalized spacial score (nSPS) is 11.7. The van der Waals surface area contributed by atoms with E-state index in [1.807, 2.05) is 0 Å². The molecule has 16 heavy (non-hydrogen) atoms. The summed E-state index contributed by atoms with van der Waals surface area (Å²) in [6, 6.07) is 11.7. The summed E-state index contributed by atoms with van der Waals surface area (Å²) in [7, 11) is 0. The summed E-state index contributed by atoms with van der Waals surface area (Å²) in [6.07, 6.45) is 0. The number of halogens is 3. The van der Waals surface area contributed by atoms with Gasteiger partial charge in [0.15, 0.2) is 0 Å². The van der Waals surface area contributed by atoms with Crippen molar-refractivity contribution < 1.29 is 13.6 Å². The Kier molecular flexibility index (Phi) is 2.76. The van der Waals surface area contributed by atoms with Crippen LogP contribution in [0, 0.1) is 0 Å². The Bertz CT molecular complexity index is 541. The fraction of sp³-hybridized carbons (Fsp3) is 0.0833. The Balaban J connectivity index is 2.66. The summed E-state index contributed by atoms with van der Waals surface area (Å²) in [5.74, 6) is -1.22. The van der Waals surface area contributed by atoms with Gasteiger partial charge in [0.05, 0.1) is 0 Å². The van der Waals surface area contributed by atoms with E-state index in [1.165, 1.54) is 6.07 Å². The standard InChI is InChI=1S/C12H7BrF2O/c13-12(14,15)11(16)10-7-3-5-8-4-1-2-6-9(8)10/h1-7H. The summed E-state index contributed by atoms with van der Waals surface area (Å²) in [4.78, 5) is 7.97. The van der Waals surface area contributed by atoms with Crippen molar-refractivity contribution in [3.8, 4) is 0 Å². The molecule has 2 aromatic rings. The molecule has 0 aliphatic heterocycles. The van der Waals surface area contributed by atoms with Crippen LogP contribution in [0.4, 0.5) is 8.78 Å². The van der Waals surface area contributed by atoms with Crippen LogP contribution in [0.15, 0.2) is 42.5 Å². The number of benzene rings is 2. The third kappa shape index (κ3) is 1.97. The number of hydrogen-bond donors (Lipinski definition) is 0. The first-order chi connectivity index (χ1) is 7.50. The molecular weight excluding hydrogens is 278 g/mol. The SMILES string of the molecule is O=C(c1cccc2ccccc12)C(F)(F)Br. The van der Waals surface area contributed by atoms with Crippen LogP contribution in [0.2, 0.25) is 0 Å². The second kappa shape index (κ2) is 3.94. The zero-order valence-corrected chi connectivity index (χ0v) is 9.67. The predicted octanol–water partition coefficient (Wildman–Crippen LogP) is 4.01. The number of rotatable bonds is 2. The Labute approximate surface area is 99.2 Å². The summed E-state index contributed by atoms with van der Waals surface area (Å²) >= 11 is 2.08. The van der Waals surface area contributed by atoms with Gasteiger partial charge in [0.1, 0.15) is 0 Å². The highest BCUT2D eigenvalue weighted by atomic mass is 79.9. The molecule has 0 aliphatic carbocycles. The van der Waals surface area contributed by atoms with Gasteiger partial charge in [-0.3, -0.25) is 4.79 Å². The van der Waals surface area contributed by atoms with Gasteiger partial charge in [-0.15, -0.1) is 0 Å². The number of alkyl halides is 3. The molecule has 0 atom stereocenters. The molecule has 0 saturated carbocycles. The van der Waals surface area contributed by atoms with Crippen molar-refractivity contribution in [2.45, 2.75) is 4.83 Å². The highest BCUT2D eigenvalue weighted by Gasteiger charge is 2.36. The van der Waals surface area contributed by atoms with E-state index in [9.17, 15) is 13.6 Å². The molecule has 2 rings (SSSR count). The van der Waals surface area contributed by atoms with Crippen LogP contribution < -0.4 is 0 Å². The second-order valence-corrected chi connectivity index (χ2v) is 4.35. The summed E-state index contributed by atoms with van der Waals surface area (Å²) in [5, 5.41) is 1.30. The molecule has 0 bridgehead atoms. The number of carbonyl (C=O) groups excluding carboxylic acids is 1. The van der Waals surface area contributed by atoms with Crippen molar-refractivity contribution in [2.75, 3.05) is 0 Å². The quantitative estimate of drug-likeness (QED) is 0.602. The minimum Gasteiger partial charge on any atom is -0.286 e. The molecular formula is C12H7BrF2O.